The predicted molar refractivity (Wildman–Crippen MR) is 64.9 cm³/mol. The molecular formula is C13H12F6N2O. The number of alkyl halides is 6. The standard InChI is InChI=1S/C13H12F6N2O/c14-12(15,16)10-1-2-11(13(17,18)19)9(5-10)6-20-3-4-21(7-20)8-22/h1-5,22H,6-8H2. The van der Waals surface area contributed by atoms with Gasteiger partial charge < -0.3 is 14.9 Å². The summed E-state index contributed by atoms with van der Waals surface area (Å²) in [7, 11) is 0. The van der Waals surface area contributed by atoms with E-state index in [1.807, 2.05) is 0 Å². The van der Waals surface area contributed by atoms with E-state index in [0.29, 0.717) is 18.2 Å². The van der Waals surface area contributed by atoms with Crippen molar-refractivity contribution in [1.82, 2.24) is 9.80 Å². The Balaban J connectivity index is 2.32. The van der Waals surface area contributed by atoms with Gasteiger partial charge in [-0.15, -0.1) is 0 Å². The van der Waals surface area contributed by atoms with E-state index in [2.05, 4.69) is 0 Å². The first-order valence-corrected chi connectivity index (χ1v) is 6.16. The van der Waals surface area contributed by atoms with Gasteiger partial charge >= 0.3 is 12.4 Å². The highest BCUT2D eigenvalue weighted by atomic mass is 19.4. The molecule has 3 nitrogen and oxygen atoms in total. The van der Waals surface area contributed by atoms with Crippen LogP contribution in [-0.2, 0) is 18.9 Å². The van der Waals surface area contributed by atoms with Crippen molar-refractivity contribution in [3.05, 3.63) is 47.3 Å². The third-order valence-electron chi connectivity index (χ3n) is 3.14. The second-order valence-electron chi connectivity index (χ2n) is 4.78. The monoisotopic (exact) mass is 326 g/mol. The van der Waals surface area contributed by atoms with Crippen LogP contribution in [0.15, 0.2) is 30.6 Å². The van der Waals surface area contributed by atoms with E-state index in [0.717, 1.165) is 0 Å². The average Bonchev–Trinajstić information content (AvgIpc) is 2.84. The molecule has 22 heavy (non-hydrogen) atoms. The molecule has 0 fully saturated rings. The molecule has 1 aromatic carbocycles. The molecule has 0 aliphatic carbocycles. The topological polar surface area (TPSA) is 26.7 Å². The van der Waals surface area contributed by atoms with E-state index in [4.69, 9.17) is 5.11 Å². The molecule has 0 atom stereocenters. The fourth-order valence-electron chi connectivity index (χ4n) is 2.11. The first-order valence-electron chi connectivity index (χ1n) is 6.16. The molecule has 0 saturated carbocycles. The van der Waals surface area contributed by atoms with Gasteiger partial charge in [0.15, 0.2) is 0 Å². The Morgan fingerprint density at radius 2 is 1.59 bits per heavy atom. The molecule has 1 aromatic rings. The minimum atomic E-state index is -4.74. The first-order chi connectivity index (χ1) is 10.1. The molecule has 2 rings (SSSR count). The summed E-state index contributed by atoms with van der Waals surface area (Å²) in [6.07, 6.45) is -6.59. The molecule has 0 bridgehead atoms. The van der Waals surface area contributed by atoms with Crippen molar-refractivity contribution in [3.8, 4) is 0 Å². The lowest BCUT2D eigenvalue weighted by Crippen LogP contribution is -2.26. The van der Waals surface area contributed by atoms with Crippen molar-refractivity contribution in [2.24, 2.45) is 0 Å². The summed E-state index contributed by atoms with van der Waals surface area (Å²) in [5.74, 6) is 0. The van der Waals surface area contributed by atoms with Crippen molar-refractivity contribution in [1.29, 1.82) is 0 Å². The summed E-state index contributed by atoms with van der Waals surface area (Å²) < 4.78 is 76.8. The number of aliphatic hydroxyl groups is 1. The molecule has 1 heterocycles. The van der Waals surface area contributed by atoms with Crippen molar-refractivity contribution < 1.29 is 31.4 Å². The van der Waals surface area contributed by atoms with Crippen LogP contribution in [-0.4, -0.2) is 28.3 Å². The van der Waals surface area contributed by atoms with E-state index < -0.39 is 29.0 Å². The van der Waals surface area contributed by atoms with Crippen molar-refractivity contribution in [3.63, 3.8) is 0 Å². The largest absolute Gasteiger partial charge is 0.416 e. The molecule has 0 saturated heterocycles. The molecule has 1 N–H and O–H groups in total. The highest BCUT2D eigenvalue weighted by Crippen LogP contribution is 2.37. The van der Waals surface area contributed by atoms with Crippen LogP contribution in [0.2, 0.25) is 0 Å². The maximum absolute atomic E-state index is 12.9. The summed E-state index contributed by atoms with van der Waals surface area (Å²) in [6, 6.07) is 1.38. The number of nitrogens with zero attached hydrogens (tertiary/aromatic N) is 2. The second-order valence-corrected chi connectivity index (χ2v) is 4.78. The lowest BCUT2D eigenvalue weighted by molar-refractivity contribution is -0.142. The van der Waals surface area contributed by atoms with Gasteiger partial charge in [0.1, 0.15) is 6.73 Å². The summed E-state index contributed by atoms with van der Waals surface area (Å²) in [5.41, 5.74) is -2.69. The van der Waals surface area contributed by atoms with Crippen molar-refractivity contribution >= 4 is 0 Å². The molecule has 0 amide bonds. The van der Waals surface area contributed by atoms with Gasteiger partial charge in [-0.3, -0.25) is 0 Å². The van der Waals surface area contributed by atoms with Crippen LogP contribution >= 0.6 is 0 Å². The molecule has 9 heteroatoms. The molecule has 1 aliphatic heterocycles. The van der Waals surface area contributed by atoms with Gasteiger partial charge in [-0.1, -0.05) is 0 Å². The second kappa shape index (κ2) is 5.71. The lowest BCUT2D eigenvalue weighted by atomic mass is 10.0. The van der Waals surface area contributed by atoms with Crippen LogP contribution in [0.1, 0.15) is 16.7 Å². The Hall–Kier alpha value is -1.90. The Labute approximate surface area is 122 Å². The van der Waals surface area contributed by atoms with Crippen LogP contribution < -0.4 is 0 Å². The van der Waals surface area contributed by atoms with E-state index >= 15 is 0 Å². The maximum Gasteiger partial charge on any atom is 0.416 e. The number of hydrogen-bond donors (Lipinski definition) is 1. The Morgan fingerprint density at radius 3 is 2.09 bits per heavy atom. The van der Waals surface area contributed by atoms with Gasteiger partial charge in [0.2, 0.25) is 0 Å². The fourth-order valence-corrected chi connectivity index (χ4v) is 2.11. The fraction of sp³-hybridized carbons (Fsp3) is 0.385. The van der Waals surface area contributed by atoms with Gasteiger partial charge in [0.05, 0.1) is 17.8 Å². The first kappa shape index (κ1) is 16.5. The van der Waals surface area contributed by atoms with Gasteiger partial charge in [-0.05, 0) is 23.8 Å². The zero-order valence-corrected chi connectivity index (χ0v) is 11.1. The third kappa shape index (κ3) is 3.65. The van der Waals surface area contributed by atoms with Gasteiger partial charge in [-0.25, -0.2) is 0 Å². The molecule has 122 valence electrons. The van der Waals surface area contributed by atoms with E-state index in [1.54, 1.807) is 0 Å². The number of benzene rings is 1. The third-order valence-corrected chi connectivity index (χ3v) is 3.14. The Kier molecular flexibility index (Phi) is 4.28. The van der Waals surface area contributed by atoms with Crippen LogP contribution in [0.5, 0.6) is 0 Å². The SMILES string of the molecule is OCN1C=CN(Cc2cc(C(F)(F)F)ccc2C(F)(F)F)C1. The average molecular weight is 326 g/mol. The number of hydrogen-bond acceptors (Lipinski definition) is 3. The van der Waals surface area contributed by atoms with Crippen molar-refractivity contribution in [2.75, 3.05) is 13.4 Å². The van der Waals surface area contributed by atoms with Gasteiger partial charge in [-0.2, -0.15) is 26.3 Å². The molecule has 1 aliphatic rings. The highest BCUT2D eigenvalue weighted by Gasteiger charge is 2.37. The van der Waals surface area contributed by atoms with E-state index in [-0.39, 0.29) is 19.9 Å². The molecule has 0 aromatic heterocycles. The predicted octanol–water partition coefficient (Wildman–Crippen LogP) is 3.22. The van der Waals surface area contributed by atoms with E-state index in [9.17, 15) is 26.3 Å². The molecule has 0 unspecified atom stereocenters. The minimum absolute atomic E-state index is 0.101. The smallest absolute Gasteiger partial charge is 0.376 e. The normalized spacial score (nSPS) is 15.8. The number of aliphatic hydroxyl groups excluding tert-OH is 1. The molecule has 0 spiro atoms. The van der Waals surface area contributed by atoms with Gasteiger partial charge in [0.25, 0.3) is 0 Å². The van der Waals surface area contributed by atoms with Gasteiger partial charge in [0, 0.05) is 18.9 Å². The summed E-state index contributed by atoms with van der Waals surface area (Å²) in [6.45, 7) is -0.572. The quantitative estimate of drug-likeness (QED) is 0.864. The van der Waals surface area contributed by atoms with Crippen LogP contribution in [0, 0.1) is 0 Å². The molecule has 0 radical (unpaired) electrons. The Bertz CT molecular complexity index is 567. The molecular weight excluding hydrogens is 314 g/mol. The zero-order chi connectivity index (χ0) is 16.5. The van der Waals surface area contributed by atoms with Crippen LogP contribution in [0.3, 0.4) is 0 Å². The lowest BCUT2D eigenvalue weighted by Gasteiger charge is -2.22. The summed E-state index contributed by atoms with van der Waals surface area (Å²) in [4.78, 5) is 2.77. The zero-order valence-electron chi connectivity index (χ0n) is 11.1. The minimum Gasteiger partial charge on any atom is -0.376 e. The van der Waals surface area contributed by atoms with Crippen LogP contribution in [0.25, 0.3) is 0 Å². The number of halogens is 6. The summed E-state index contributed by atoms with van der Waals surface area (Å²) >= 11 is 0. The maximum atomic E-state index is 12.9. The number of rotatable bonds is 3. The summed E-state index contributed by atoms with van der Waals surface area (Å²) in [5, 5.41) is 8.90. The Morgan fingerprint density at radius 1 is 0.955 bits per heavy atom. The van der Waals surface area contributed by atoms with Crippen molar-refractivity contribution in [2.45, 2.75) is 18.9 Å². The van der Waals surface area contributed by atoms with E-state index in [1.165, 1.54) is 22.2 Å². The van der Waals surface area contributed by atoms with Crippen LogP contribution in [0.4, 0.5) is 26.3 Å². The highest BCUT2D eigenvalue weighted by molar-refractivity contribution is 5.35.